The van der Waals surface area contributed by atoms with Gasteiger partial charge in [0.05, 0.1) is 0 Å². The number of hydrogen-bond acceptors (Lipinski definition) is 2. The Morgan fingerprint density at radius 1 is 1.42 bits per heavy atom. The Hall–Kier alpha value is -1.26. The van der Waals surface area contributed by atoms with Crippen LogP contribution in [0.2, 0.25) is 5.02 Å². The van der Waals surface area contributed by atoms with E-state index in [1.54, 1.807) is 0 Å². The highest BCUT2D eigenvalue weighted by Gasteiger charge is 2.15. The fraction of sp³-hybridized carbons (Fsp3) is 0.500. The van der Waals surface area contributed by atoms with Gasteiger partial charge in [-0.15, -0.1) is 0 Å². The van der Waals surface area contributed by atoms with E-state index in [2.05, 4.69) is 23.6 Å². The SMILES string of the molecule is CCc1ccc(CNC(=O)N2CCNCC2)c(Cl)c1. The predicted molar refractivity (Wildman–Crippen MR) is 77.5 cm³/mol. The van der Waals surface area contributed by atoms with Crippen LogP contribution in [-0.4, -0.2) is 37.1 Å². The average Bonchev–Trinajstić information content (AvgIpc) is 2.46. The van der Waals surface area contributed by atoms with Gasteiger partial charge in [0.15, 0.2) is 0 Å². The molecule has 0 saturated carbocycles. The molecule has 5 heteroatoms. The van der Waals surface area contributed by atoms with Crippen molar-refractivity contribution < 1.29 is 4.79 Å². The Balaban J connectivity index is 1.89. The number of nitrogens with zero attached hydrogens (tertiary/aromatic N) is 1. The zero-order valence-electron chi connectivity index (χ0n) is 11.2. The van der Waals surface area contributed by atoms with Gasteiger partial charge in [0, 0.05) is 37.7 Å². The molecule has 2 N–H and O–H groups in total. The first kappa shape index (κ1) is 14.2. The second-order valence-electron chi connectivity index (χ2n) is 4.68. The van der Waals surface area contributed by atoms with E-state index in [9.17, 15) is 4.79 Å². The molecule has 2 amide bonds. The average molecular weight is 282 g/mol. The molecule has 1 heterocycles. The zero-order valence-corrected chi connectivity index (χ0v) is 12.0. The Bertz CT molecular complexity index is 444. The number of benzene rings is 1. The first-order chi connectivity index (χ1) is 9.20. The fourth-order valence-corrected chi connectivity index (χ4v) is 2.37. The summed E-state index contributed by atoms with van der Waals surface area (Å²) in [6.45, 7) is 5.81. The third-order valence-corrected chi connectivity index (χ3v) is 3.71. The van der Waals surface area contributed by atoms with Crippen LogP contribution >= 0.6 is 11.6 Å². The Labute approximate surface area is 119 Å². The molecule has 1 aromatic carbocycles. The monoisotopic (exact) mass is 281 g/mol. The summed E-state index contributed by atoms with van der Waals surface area (Å²) in [5, 5.41) is 6.87. The highest BCUT2D eigenvalue weighted by atomic mass is 35.5. The molecule has 0 atom stereocenters. The van der Waals surface area contributed by atoms with E-state index in [4.69, 9.17) is 11.6 Å². The number of halogens is 1. The standard InChI is InChI=1S/C14H20ClN3O/c1-2-11-3-4-12(13(15)9-11)10-17-14(19)18-7-5-16-6-8-18/h3-4,9,16H,2,5-8,10H2,1H3,(H,17,19). The van der Waals surface area contributed by atoms with Crippen LogP contribution in [0.1, 0.15) is 18.1 Å². The summed E-state index contributed by atoms with van der Waals surface area (Å²) < 4.78 is 0. The van der Waals surface area contributed by atoms with Crippen molar-refractivity contribution in [1.29, 1.82) is 0 Å². The van der Waals surface area contributed by atoms with Crippen molar-refractivity contribution in [1.82, 2.24) is 15.5 Å². The van der Waals surface area contributed by atoms with E-state index < -0.39 is 0 Å². The lowest BCUT2D eigenvalue weighted by atomic mass is 10.1. The number of hydrogen-bond donors (Lipinski definition) is 2. The van der Waals surface area contributed by atoms with Crippen LogP contribution in [0.25, 0.3) is 0 Å². The first-order valence-electron chi connectivity index (χ1n) is 6.71. The van der Waals surface area contributed by atoms with Crippen molar-refractivity contribution in [2.24, 2.45) is 0 Å². The van der Waals surface area contributed by atoms with Gasteiger partial charge in [0.25, 0.3) is 0 Å². The van der Waals surface area contributed by atoms with Gasteiger partial charge in [0.1, 0.15) is 0 Å². The minimum absolute atomic E-state index is 0.0165. The van der Waals surface area contributed by atoms with Gasteiger partial charge in [0.2, 0.25) is 0 Å². The van der Waals surface area contributed by atoms with Gasteiger partial charge in [-0.25, -0.2) is 4.79 Å². The topological polar surface area (TPSA) is 44.4 Å². The summed E-state index contributed by atoms with van der Waals surface area (Å²) in [6, 6.07) is 5.99. The summed E-state index contributed by atoms with van der Waals surface area (Å²) in [6.07, 6.45) is 0.965. The molecule has 0 unspecified atom stereocenters. The lowest BCUT2D eigenvalue weighted by Gasteiger charge is -2.27. The molecule has 0 bridgehead atoms. The molecule has 0 aliphatic carbocycles. The molecule has 1 fully saturated rings. The van der Waals surface area contributed by atoms with E-state index in [0.29, 0.717) is 6.54 Å². The van der Waals surface area contributed by atoms with Crippen molar-refractivity contribution in [3.63, 3.8) is 0 Å². The van der Waals surface area contributed by atoms with Crippen molar-refractivity contribution in [2.75, 3.05) is 26.2 Å². The maximum atomic E-state index is 11.9. The molecule has 104 valence electrons. The van der Waals surface area contributed by atoms with E-state index in [1.165, 1.54) is 5.56 Å². The molecule has 4 nitrogen and oxygen atoms in total. The molecule has 1 aromatic rings. The molecule has 1 aliphatic rings. The third kappa shape index (κ3) is 3.85. The number of rotatable bonds is 3. The summed E-state index contributed by atoms with van der Waals surface area (Å²) in [5.74, 6) is 0. The smallest absolute Gasteiger partial charge is 0.317 e. The molecule has 0 aromatic heterocycles. The van der Waals surface area contributed by atoms with E-state index >= 15 is 0 Å². The molecule has 0 spiro atoms. The van der Waals surface area contributed by atoms with Crippen molar-refractivity contribution >= 4 is 17.6 Å². The highest BCUT2D eigenvalue weighted by molar-refractivity contribution is 6.31. The van der Waals surface area contributed by atoms with Gasteiger partial charge in [-0.2, -0.15) is 0 Å². The molecule has 1 aliphatic heterocycles. The van der Waals surface area contributed by atoms with E-state index in [1.807, 2.05) is 17.0 Å². The predicted octanol–water partition coefficient (Wildman–Crippen LogP) is 2.02. The number of urea groups is 1. The van der Waals surface area contributed by atoms with Crippen LogP contribution in [0.5, 0.6) is 0 Å². The van der Waals surface area contributed by atoms with Crippen LogP contribution in [0.4, 0.5) is 4.79 Å². The van der Waals surface area contributed by atoms with Gasteiger partial charge >= 0.3 is 6.03 Å². The Morgan fingerprint density at radius 2 is 2.16 bits per heavy atom. The molecule has 1 saturated heterocycles. The minimum atomic E-state index is -0.0165. The number of carbonyl (C=O) groups excluding carboxylic acids is 1. The van der Waals surface area contributed by atoms with Crippen LogP contribution in [-0.2, 0) is 13.0 Å². The number of carbonyl (C=O) groups is 1. The van der Waals surface area contributed by atoms with Crippen molar-refractivity contribution in [3.05, 3.63) is 34.3 Å². The number of piperazine rings is 1. The molecular weight excluding hydrogens is 262 g/mol. The summed E-state index contributed by atoms with van der Waals surface area (Å²) >= 11 is 6.20. The van der Waals surface area contributed by atoms with Gasteiger partial charge in [-0.05, 0) is 23.6 Å². The Morgan fingerprint density at radius 3 is 2.79 bits per heavy atom. The second kappa shape index (κ2) is 6.78. The summed E-state index contributed by atoms with van der Waals surface area (Å²) in [5.41, 5.74) is 2.17. The molecule has 19 heavy (non-hydrogen) atoms. The number of amides is 2. The van der Waals surface area contributed by atoms with Crippen LogP contribution < -0.4 is 10.6 Å². The third-order valence-electron chi connectivity index (χ3n) is 3.36. The summed E-state index contributed by atoms with van der Waals surface area (Å²) in [4.78, 5) is 13.8. The van der Waals surface area contributed by atoms with Gasteiger partial charge < -0.3 is 15.5 Å². The van der Waals surface area contributed by atoms with Gasteiger partial charge in [-0.1, -0.05) is 30.7 Å². The molecule has 0 radical (unpaired) electrons. The normalized spacial score (nSPS) is 15.4. The van der Waals surface area contributed by atoms with Crippen molar-refractivity contribution in [2.45, 2.75) is 19.9 Å². The minimum Gasteiger partial charge on any atom is -0.334 e. The first-order valence-corrected chi connectivity index (χ1v) is 7.09. The van der Waals surface area contributed by atoms with E-state index in [-0.39, 0.29) is 6.03 Å². The van der Waals surface area contributed by atoms with E-state index in [0.717, 1.165) is 43.2 Å². The van der Waals surface area contributed by atoms with Crippen LogP contribution in [0.15, 0.2) is 18.2 Å². The molecule has 2 rings (SSSR count). The zero-order chi connectivity index (χ0) is 13.7. The largest absolute Gasteiger partial charge is 0.334 e. The Kier molecular flexibility index (Phi) is 5.05. The lowest BCUT2D eigenvalue weighted by Crippen LogP contribution is -2.50. The van der Waals surface area contributed by atoms with Crippen molar-refractivity contribution in [3.8, 4) is 0 Å². The second-order valence-corrected chi connectivity index (χ2v) is 5.08. The maximum absolute atomic E-state index is 11.9. The highest BCUT2D eigenvalue weighted by Crippen LogP contribution is 2.18. The summed E-state index contributed by atoms with van der Waals surface area (Å²) in [7, 11) is 0. The molecular formula is C14H20ClN3O. The van der Waals surface area contributed by atoms with Crippen LogP contribution in [0.3, 0.4) is 0 Å². The number of aryl methyl sites for hydroxylation is 1. The van der Waals surface area contributed by atoms with Crippen LogP contribution in [0, 0.1) is 0 Å². The van der Waals surface area contributed by atoms with Gasteiger partial charge in [-0.3, -0.25) is 0 Å². The number of nitrogens with one attached hydrogen (secondary N) is 2. The quantitative estimate of drug-likeness (QED) is 0.890. The maximum Gasteiger partial charge on any atom is 0.317 e. The fourth-order valence-electron chi connectivity index (χ4n) is 2.10. The lowest BCUT2D eigenvalue weighted by molar-refractivity contribution is 0.190.